The molecule has 18 heteroatoms. The van der Waals surface area contributed by atoms with Crippen molar-refractivity contribution < 1.29 is 53.5 Å². The highest BCUT2D eigenvalue weighted by molar-refractivity contribution is 8.17. The third kappa shape index (κ3) is 5.16. The molecular formula is C15H5Cl2F10N3O2S. The molecule has 3 amide bonds. The molecule has 0 aromatic heterocycles. The quantitative estimate of drug-likeness (QED) is 0.412. The molecule has 0 bridgehead atoms. The van der Waals surface area contributed by atoms with Crippen molar-refractivity contribution in [2.45, 2.75) is 24.1 Å². The highest BCUT2D eigenvalue weighted by Gasteiger charge is 2.77. The number of rotatable bonds is 1. The second kappa shape index (κ2) is 8.87. The van der Waals surface area contributed by atoms with Crippen LogP contribution in [0.4, 0.5) is 48.7 Å². The average molecular weight is 552 g/mol. The maximum absolute atomic E-state index is 13.6. The molecule has 2 N–H and O–H groups in total. The van der Waals surface area contributed by atoms with Crippen molar-refractivity contribution in [2.24, 2.45) is 4.99 Å². The molecule has 1 aromatic carbocycles. The fourth-order valence-electron chi connectivity index (χ4n) is 2.31. The summed E-state index contributed by atoms with van der Waals surface area (Å²) in [4.78, 5) is 23.1. The SMILES string of the molecule is O=C(NC(=O)c1cccc(Cl)c1Cl)NC1=NC(C(F)(F)F)(C(F)(F)F)/C(=C(\F)C(F)(F)F)S1. The van der Waals surface area contributed by atoms with E-state index >= 15 is 0 Å². The van der Waals surface area contributed by atoms with Gasteiger partial charge in [0, 0.05) is 0 Å². The molecule has 0 aliphatic carbocycles. The van der Waals surface area contributed by atoms with E-state index in [2.05, 4.69) is 4.99 Å². The summed E-state index contributed by atoms with van der Waals surface area (Å²) in [6.07, 6.45) is -19.4. The van der Waals surface area contributed by atoms with E-state index in [4.69, 9.17) is 23.2 Å². The number of nitrogens with zero attached hydrogens (tertiary/aromatic N) is 1. The zero-order valence-corrected chi connectivity index (χ0v) is 17.3. The van der Waals surface area contributed by atoms with Crippen molar-refractivity contribution in [1.82, 2.24) is 10.6 Å². The van der Waals surface area contributed by atoms with Gasteiger partial charge >= 0.3 is 24.6 Å². The highest BCUT2D eigenvalue weighted by atomic mass is 35.5. The normalized spacial score (nSPS) is 18.0. The molecule has 0 fully saturated rings. The van der Waals surface area contributed by atoms with Crippen LogP contribution in [0.3, 0.4) is 0 Å². The lowest BCUT2D eigenvalue weighted by atomic mass is 9.97. The lowest BCUT2D eigenvalue weighted by molar-refractivity contribution is -0.280. The van der Waals surface area contributed by atoms with Gasteiger partial charge in [0.15, 0.2) is 5.17 Å². The third-order valence-electron chi connectivity index (χ3n) is 3.71. The number of amidine groups is 1. The van der Waals surface area contributed by atoms with E-state index in [1.54, 1.807) is 0 Å². The molecule has 182 valence electrons. The van der Waals surface area contributed by atoms with Crippen molar-refractivity contribution in [3.05, 3.63) is 44.5 Å². The molecule has 0 unspecified atom stereocenters. The van der Waals surface area contributed by atoms with Crippen molar-refractivity contribution in [2.75, 3.05) is 0 Å². The minimum atomic E-state index is -6.60. The number of carbonyl (C=O) groups excluding carboxylic acids is 2. The van der Waals surface area contributed by atoms with E-state index in [1.165, 1.54) is 22.8 Å². The topological polar surface area (TPSA) is 70.6 Å². The first-order chi connectivity index (χ1) is 14.8. The van der Waals surface area contributed by atoms with Gasteiger partial charge in [0.2, 0.25) is 5.83 Å². The van der Waals surface area contributed by atoms with Crippen molar-refractivity contribution >= 4 is 52.1 Å². The molecule has 1 aliphatic heterocycles. The van der Waals surface area contributed by atoms with Crippen molar-refractivity contribution in [3.8, 4) is 0 Å². The summed E-state index contributed by atoms with van der Waals surface area (Å²) >= 11 is 10.3. The van der Waals surface area contributed by atoms with Gasteiger partial charge < -0.3 is 0 Å². The molecule has 0 saturated carbocycles. The van der Waals surface area contributed by atoms with Crippen LogP contribution in [0.2, 0.25) is 10.0 Å². The van der Waals surface area contributed by atoms with Gasteiger partial charge in [-0.05, 0) is 12.1 Å². The molecular weight excluding hydrogens is 547 g/mol. The fourth-order valence-corrected chi connectivity index (χ4v) is 3.84. The number of amides is 3. The molecule has 2 rings (SSSR count). The number of allylic oxidation sites excluding steroid dienone is 1. The molecule has 0 saturated heterocycles. The second-order valence-corrected chi connectivity index (χ2v) is 7.66. The summed E-state index contributed by atoms with van der Waals surface area (Å²) in [6.45, 7) is 0. The minimum Gasteiger partial charge on any atom is -0.286 e. The molecule has 0 radical (unpaired) electrons. The fraction of sp³-hybridized carbons (Fsp3) is 0.267. The number of carbonyl (C=O) groups is 2. The van der Waals surface area contributed by atoms with Gasteiger partial charge in [-0.1, -0.05) is 41.0 Å². The summed E-state index contributed by atoms with van der Waals surface area (Å²) in [5.74, 6) is -5.05. The second-order valence-electron chi connectivity index (χ2n) is 5.88. The van der Waals surface area contributed by atoms with Gasteiger partial charge in [-0.25, -0.2) is 14.2 Å². The van der Waals surface area contributed by atoms with Crippen LogP contribution < -0.4 is 10.6 Å². The monoisotopic (exact) mass is 551 g/mol. The average Bonchev–Trinajstić information content (AvgIpc) is 3.02. The Morgan fingerprint density at radius 3 is 2.00 bits per heavy atom. The van der Waals surface area contributed by atoms with Gasteiger partial charge in [0.25, 0.3) is 11.4 Å². The zero-order valence-electron chi connectivity index (χ0n) is 14.9. The maximum atomic E-state index is 13.6. The lowest BCUT2D eigenvalue weighted by Gasteiger charge is -2.31. The summed E-state index contributed by atoms with van der Waals surface area (Å²) in [5, 5.41) is 0.448. The Labute approximate surface area is 190 Å². The Bertz CT molecular complexity index is 1040. The number of thioether (sulfide) groups is 1. The van der Waals surface area contributed by atoms with Crippen LogP contribution in [0.1, 0.15) is 10.4 Å². The van der Waals surface area contributed by atoms with Gasteiger partial charge in [-0.2, -0.15) is 39.5 Å². The van der Waals surface area contributed by atoms with Crippen LogP contribution in [0, 0.1) is 0 Å². The van der Waals surface area contributed by atoms with E-state index in [1.807, 2.05) is 0 Å². The molecule has 0 spiro atoms. The summed E-state index contributed by atoms with van der Waals surface area (Å²) in [5.41, 5.74) is -6.10. The number of halogens is 12. The number of aliphatic imine (C=N–C) groups is 1. The van der Waals surface area contributed by atoms with Gasteiger partial charge in [-0.15, -0.1) is 0 Å². The zero-order chi connectivity index (χ0) is 25.6. The smallest absolute Gasteiger partial charge is 0.286 e. The number of alkyl halides is 9. The Balaban J connectivity index is 2.44. The maximum Gasteiger partial charge on any atom is 0.443 e. The predicted octanol–water partition coefficient (Wildman–Crippen LogP) is 6.14. The van der Waals surface area contributed by atoms with Crippen LogP contribution >= 0.6 is 35.0 Å². The summed E-state index contributed by atoms with van der Waals surface area (Å²) in [7, 11) is 0. The molecule has 1 heterocycles. The predicted molar refractivity (Wildman–Crippen MR) is 96.5 cm³/mol. The van der Waals surface area contributed by atoms with Crippen molar-refractivity contribution in [3.63, 3.8) is 0 Å². The molecule has 33 heavy (non-hydrogen) atoms. The van der Waals surface area contributed by atoms with Gasteiger partial charge in [0.1, 0.15) is 0 Å². The first-order valence-electron chi connectivity index (χ1n) is 7.78. The first kappa shape index (κ1) is 27.0. The largest absolute Gasteiger partial charge is 0.443 e. The molecule has 5 nitrogen and oxygen atoms in total. The highest BCUT2D eigenvalue weighted by Crippen LogP contribution is 2.59. The van der Waals surface area contributed by atoms with Crippen molar-refractivity contribution in [1.29, 1.82) is 0 Å². The Hall–Kier alpha value is -2.20. The van der Waals surface area contributed by atoms with Gasteiger partial charge in [0.05, 0.1) is 20.5 Å². The number of benzene rings is 1. The van der Waals surface area contributed by atoms with E-state index < -0.39 is 69.2 Å². The molecule has 0 atom stereocenters. The Morgan fingerprint density at radius 2 is 1.52 bits per heavy atom. The molecule has 1 aromatic rings. The number of nitrogens with one attached hydrogen (secondary N) is 2. The molecule has 1 aliphatic rings. The lowest BCUT2D eigenvalue weighted by Crippen LogP contribution is -2.55. The summed E-state index contributed by atoms with van der Waals surface area (Å²) < 4.78 is 131. The number of hydrogen-bond donors (Lipinski definition) is 2. The minimum absolute atomic E-state index is 0.155. The standard InChI is InChI=1S/C15H5Cl2F10N3O2S/c16-5-3-1-2-4(6(5)17)9(31)28-10(32)29-11-30-12(14(22,23)24,15(25,26)27)8(33-11)7(18)13(19,20)21/h1-3H,(H2,28,29,30,31,32)/b8-7+. The van der Waals surface area contributed by atoms with E-state index in [0.717, 1.165) is 6.07 Å². The van der Waals surface area contributed by atoms with Crippen LogP contribution in [0.25, 0.3) is 0 Å². The Kier molecular flexibility index (Phi) is 7.27. The van der Waals surface area contributed by atoms with Crippen LogP contribution in [0.5, 0.6) is 0 Å². The number of urea groups is 1. The van der Waals surface area contributed by atoms with E-state index in [-0.39, 0.29) is 10.0 Å². The number of imide groups is 1. The van der Waals surface area contributed by atoms with Gasteiger partial charge in [-0.3, -0.25) is 15.4 Å². The number of hydrogen-bond acceptors (Lipinski definition) is 4. The van der Waals surface area contributed by atoms with E-state index in [9.17, 15) is 53.5 Å². The first-order valence-corrected chi connectivity index (χ1v) is 9.35. The van der Waals surface area contributed by atoms with Crippen LogP contribution in [0.15, 0.2) is 33.9 Å². The Morgan fingerprint density at radius 1 is 0.970 bits per heavy atom. The van der Waals surface area contributed by atoms with E-state index in [0.29, 0.717) is 0 Å². The van der Waals surface area contributed by atoms with Crippen LogP contribution in [-0.2, 0) is 0 Å². The van der Waals surface area contributed by atoms with Crippen LogP contribution in [-0.4, -0.2) is 41.2 Å². The third-order valence-corrected chi connectivity index (χ3v) is 5.59. The summed E-state index contributed by atoms with van der Waals surface area (Å²) in [6, 6.07) is 1.67.